The number of likely N-dealkylation sites (tertiary alicyclic amines) is 2. The molecule has 2 aromatic rings. The number of piperidine rings is 1. The molecule has 4 atom stereocenters. The summed E-state index contributed by atoms with van der Waals surface area (Å²) in [5.74, 6) is -0.790. The van der Waals surface area contributed by atoms with Crippen molar-refractivity contribution in [3.05, 3.63) is 71.8 Å². The molecule has 0 aliphatic carbocycles. The van der Waals surface area contributed by atoms with Crippen molar-refractivity contribution in [2.45, 2.75) is 148 Å². The Balaban J connectivity index is 1.65. The molecule has 0 spiro atoms. The van der Waals surface area contributed by atoms with Crippen LogP contribution in [0.2, 0.25) is 18.1 Å². The van der Waals surface area contributed by atoms with E-state index in [9.17, 15) is 14.4 Å². The highest BCUT2D eigenvalue weighted by molar-refractivity contribution is 6.74. The lowest BCUT2D eigenvalue weighted by Gasteiger charge is -2.42. The van der Waals surface area contributed by atoms with Gasteiger partial charge >= 0.3 is 6.09 Å². The Morgan fingerprint density at radius 3 is 1.83 bits per heavy atom. The second-order valence-corrected chi connectivity index (χ2v) is 23.3. The minimum absolute atomic E-state index is 0.000645. The molecule has 0 bridgehead atoms. The average molecular weight is 763 g/mol. The number of rotatable bonds is 15. The first-order chi connectivity index (χ1) is 25.3. The SMILES string of the molecule is CC(C)[C@H](NC(=O)[C@@H](Cc1ccccc1)C[C@@H](O[Si](C)(C)C(C)(C)C)[C@H](Cc1ccccc1)NC(=O)OC(C)(C)C)C(=O)N1CCC(N2CCCC2)CC1. The second kappa shape index (κ2) is 19.1. The number of benzene rings is 2. The van der Waals surface area contributed by atoms with Crippen LogP contribution in [0.4, 0.5) is 4.79 Å². The number of carbonyl (C=O) groups excluding carboxylic acids is 3. The first kappa shape index (κ1) is 43.5. The predicted octanol–water partition coefficient (Wildman–Crippen LogP) is 7.99. The molecule has 0 saturated carbocycles. The maximum Gasteiger partial charge on any atom is 0.407 e. The van der Waals surface area contributed by atoms with Gasteiger partial charge in [-0.3, -0.25) is 9.59 Å². The molecule has 10 heteroatoms. The molecule has 0 unspecified atom stereocenters. The highest BCUT2D eigenvalue weighted by Gasteiger charge is 2.43. The Kier molecular flexibility index (Phi) is 15.4. The molecule has 2 saturated heterocycles. The van der Waals surface area contributed by atoms with Crippen molar-refractivity contribution >= 4 is 26.2 Å². The molecule has 0 aromatic heterocycles. The van der Waals surface area contributed by atoms with Gasteiger partial charge in [-0.1, -0.05) is 95.3 Å². The topological polar surface area (TPSA) is 100 Å². The third-order valence-electron chi connectivity index (χ3n) is 11.6. The number of carbonyl (C=O) groups is 3. The third kappa shape index (κ3) is 12.9. The monoisotopic (exact) mass is 763 g/mol. The van der Waals surface area contributed by atoms with Crippen LogP contribution in [0, 0.1) is 11.8 Å². The van der Waals surface area contributed by atoms with Crippen molar-refractivity contribution in [1.29, 1.82) is 0 Å². The summed E-state index contributed by atoms with van der Waals surface area (Å²) >= 11 is 0. The van der Waals surface area contributed by atoms with Crippen LogP contribution in [0.3, 0.4) is 0 Å². The molecule has 2 N–H and O–H groups in total. The average Bonchev–Trinajstić information content (AvgIpc) is 3.64. The number of alkyl carbamates (subject to hydrolysis) is 1. The minimum atomic E-state index is -2.43. The fraction of sp³-hybridized carbons (Fsp3) is 0.659. The molecule has 54 heavy (non-hydrogen) atoms. The number of hydrogen-bond donors (Lipinski definition) is 2. The van der Waals surface area contributed by atoms with E-state index in [4.69, 9.17) is 9.16 Å². The van der Waals surface area contributed by atoms with Crippen LogP contribution in [-0.2, 0) is 31.6 Å². The molecule has 3 amide bonds. The summed E-state index contributed by atoms with van der Waals surface area (Å²) in [6.07, 6.45) is 4.75. The summed E-state index contributed by atoms with van der Waals surface area (Å²) in [5, 5.41) is 6.33. The van der Waals surface area contributed by atoms with Gasteiger partial charge in [-0.25, -0.2) is 4.79 Å². The van der Waals surface area contributed by atoms with E-state index in [1.54, 1.807) is 0 Å². The molecule has 4 rings (SSSR count). The zero-order chi connectivity index (χ0) is 39.7. The van der Waals surface area contributed by atoms with Gasteiger partial charge in [0.05, 0.1) is 12.1 Å². The van der Waals surface area contributed by atoms with Gasteiger partial charge in [0.1, 0.15) is 11.6 Å². The first-order valence-electron chi connectivity index (χ1n) is 20.4. The van der Waals surface area contributed by atoms with E-state index < -0.39 is 44.1 Å². The summed E-state index contributed by atoms with van der Waals surface area (Å²) in [6.45, 7) is 24.3. The van der Waals surface area contributed by atoms with E-state index in [-0.39, 0.29) is 22.8 Å². The van der Waals surface area contributed by atoms with Gasteiger partial charge in [0.25, 0.3) is 0 Å². The molecule has 0 radical (unpaired) electrons. The standard InChI is InChI=1S/C44H70N4O5Si/c1-32(2)39(41(50)48-27-23-36(24-28-48)47-25-17-18-26-47)46-40(49)35(29-33-19-13-11-14-20-33)31-38(53-54(9,10)44(6,7)8)37(30-34-21-15-12-16-22-34)45-42(51)52-43(3,4)5/h11-16,19-22,32,35-39H,17-18,23-31H2,1-10H3,(H,45,51)(H,46,49)/t35-,37-,38+,39-/m0/s1. The Morgan fingerprint density at radius 2 is 1.33 bits per heavy atom. The fourth-order valence-corrected chi connectivity index (χ4v) is 8.82. The van der Waals surface area contributed by atoms with Gasteiger partial charge in [0.2, 0.25) is 11.8 Å². The minimum Gasteiger partial charge on any atom is -0.444 e. The Labute approximate surface area is 327 Å². The Bertz CT molecular complexity index is 1480. The van der Waals surface area contributed by atoms with Gasteiger partial charge in [0.15, 0.2) is 8.32 Å². The van der Waals surface area contributed by atoms with Crippen LogP contribution in [-0.4, -0.2) is 92.0 Å². The zero-order valence-corrected chi connectivity index (χ0v) is 36.0. The highest BCUT2D eigenvalue weighted by atomic mass is 28.4. The maximum atomic E-state index is 14.7. The van der Waals surface area contributed by atoms with Gasteiger partial charge in [-0.2, -0.15) is 0 Å². The van der Waals surface area contributed by atoms with Crippen LogP contribution >= 0.6 is 0 Å². The molecule has 9 nitrogen and oxygen atoms in total. The smallest absolute Gasteiger partial charge is 0.407 e. The summed E-state index contributed by atoms with van der Waals surface area (Å²) in [6, 6.07) is 19.5. The van der Waals surface area contributed by atoms with E-state index in [0.29, 0.717) is 38.4 Å². The van der Waals surface area contributed by atoms with Crippen molar-refractivity contribution in [3.63, 3.8) is 0 Å². The number of nitrogens with zero attached hydrogens (tertiary/aromatic N) is 2. The van der Waals surface area contributed by atoms with Gasteiger partial charge in [0, 0.05) is 25.0 Å². The lowest BCUT2D eigenvalue weighted by atomic mass is 9.88. The quantitative estimate of drug-likeness (QED) is 0.179. The van der Waals surface area contributed by atoms with Crippen molar-refractivity contribution in [2.24, 2.45) is 11.8 Å². The van der Waals surface area contributed by atoms with E-state index >= 15 is 0 Å². The molecule has 2 aliphatic rings. The van der Waals surface area contributed by atoms with Crippen molar-refractivity contribution in [3.8, 4) is 0 Å². The number of amides is 3. The summed E-state index contributed by atoms with van der Waals surface area (Å²) < 4.78 is 13.0. The Morgan fingerprint density at radius 1 is 0.796 bits per heavy atom. The first-order valence-corrected chi connectivity index (χ1v) is 23.3. The molecular weight excluding hydrogens is 693 g/mol. The zero-order valence-electron chi connectivity index (χ0n) is 35.0. The van der Waals surface area contributed by atoms with Crippen molar-refractivity contribution < 1.29 is 23.5 Å². The molecule has 2 aromatic carbocycles. The van der Waals surface area contributed by atoms with Crippen LogP contribution in [0.1, 0.15) is 98.6 Å². The van der Waals surface area contributed by atoms with Gasteiger partial charge in [-0.15, -0.1) is 0 Å². The van der Waals surface area contributed by atoms with Crippen LogP contribution in [0.25, 0.3) is 0 Å². The van der Waals surface area contributed by atoms with E-state index in [1.807, 2.05) is 100 Å². The van der Waals surface area contributed by atoms with E-state index in [1.165, 1.54) is 12.8 Å². The number of ether oxygens (including phenoxy) is 1. The summed E-state index contributed by atoms with van der Waals surface area (Å²) in [5.41, 5.74) is 1.39. The van der Waals surface area contributed by atoms with E-state index in [0.717, 1.165) is 37.1 Å². The second-order valence-electron chi connectivity index (χ2n) is 18.5. The van der Waals surface area contributed by atoms with Gasteiger partial charge < -0.3 is 29.6 Å². The fourth-order valence-electron chi connectivity index (χ4n) is 7.45. The lowest BCUT2D eigenvalue weighted by Crippen LogP contribution is -2.57. The lowest BCUT2D eigenvalue weighted by molar-refractivity contribution is -0.140. The third-order valence-corrected chi connectivity index (χ3v) is 16.1. The number of hydrogen-bond acceptors (Lipinski definition) is 6. The van der Waals surface area contributed by atoms with Crippen LogP contribution in [0.5, 0.6) is 0 Å². The van der Waals surface area contributed by atoms with Crippen molar-refractivity contribution in [2.75, 3.05) is 26.2 Å². The molecular formula is C44H70N4O5Si. The largest absolute Gasteiger partial charge is 0.444 e. The van der Waals surface area contributed by atoms with E-state index in [2.05, 4.69) is 49.4 Å². The van der Waals surface area contributed by atoms with Crippen molar-refractivity contribution in [1.82, 2.24) is 20.4 Å². The predicted molar refractivity (Wildman–Crippen MR) is 221 cm³/mol. The highest BCUT2D eigenvalue weighted by Crippen LogP contribution is 2.39. The summed E-state index contributed by atoms with van der Waals surface area (Å²) in [7, 11) is -2.43. The summed E-state index contributed by atoms with van der Waals surface area (Å²) in [4.78, 5) is 46.9. The molecule has 2 fully saturated rings. The normalized spacial score (nSPS) is 18.5. The maximum absolute atomic E-state index is 14.7. The molecule has 2 heterocycles. The van der Waals surface area contributed by atoms with Crippen LogP contribution < -0.4 is 10.6 Å². The number of nitrogens with one attached hydrogen (secondary N) is 2. The molecule has 300 valence electrons. The Hall–Kier alpha value is -3.21. The molecule has 2 aliphatic heterocycles. The van der Waals surface area contributed by atoms with Gasteiger partial charge in [-0.05, 0) is 114 Å². The van der Waals surface area contributed by atoms with Crippen LogP contribution in [0.15, 0.2) is 60.7 Å².